The molecule has 3 aromatic rings. The summed E-state index contributed by atoms with van der Waals surface area (Å²) in [4.78, 5) is 11.7. The first-order chi connectivity index (χ1) is 14.4. The van der Waals surface area contributed by atoms with Crippen molar-refractivity contribution in [2.24, 2.45) is 0 Å². The number of alkyl carbamates (subject to hydrolysis) is 1. The number of carbonyl (C=O) groups excluding carboxylic acids is 1. The number of nitriles is 1. The van der Waals surface area contributed by atoms with Gasteiger partial charge in [0.05, 0.1) is 0 Å². The maximum atomic E-state index is 11.7. The van der Waals surface area contributed by atoms with E-state index < -0.39 is 11.7 Å². The van der Waals surface area contributed by atoms with Crippen LogP contribution >= 0.6 is 11.3 Å². The summed E-state index contributed by atoms with van der Waals surface area (Å²) in [6.45, 7) is 6.24. The van der Waals surface area contributed by atoms with Crippen LogP contribution in [0.4, 0.5) is 4.79 Å². The van der Waals surface area contributed by atoms with Crippen LogP contribution in [-0.2, 0) is 17.9 Å². The second-order valence-electron chi connectivity index (χ2n) is 7.75. The number of carbonyl (C=O) groups is 1. The summed E-state index contributed by atoms with van der Waals surface area (Å²) < 4.78 is 11.1. The molecule has 0 saturated carbocycles. The Morgan fingerprint density at radius 2 is 1.73 bits per heavy atom. The molecule has 0 aliphatic rings. The number of ether oxygens (including phenoxy) is 2. The van der Waals surface area contributed by atoms with E-state index in [4.69, 9.17) is 9.47 Å². The van der Waals surface area contributed by atoms with Crippen LogP contribution < -0.4 is 10.1 Å². The fraction of sp³-hybridized carbons (Fsp3) is 0.250. The van der Waals surface area contributed by atoms with Gasteiger partial charge in [0.15, 0.2) is 5.06 Å². The normalized spacial score (nSPS) is 10.9. The van der Waals surface area contributed by atoms with E-state index in [1.807, 2.05) is 80.7 Å². The second kappa shape index (κ2) is 9.47. The summed E-state index contributed by atoms with van der Waals surface area (Å²) in [5, 5.41) is 14.9. The first kappa shape index (κ1) is 21.4. The number of amides is 1. The van der Waals surface area contributed by atoms with Gasteiger partial charge in [0.1, 0.15) is 23.8 Å². The molecule has 0 bridgehead atoms. The minimum absolute atomic E-state index is 0.364. The van der Waals surface area contributed by atoms with Gasteiger partial charge in [-0.2, -0.15) is 5.26 Å². The number of hydrogen-bond donors (Lipinski definition) is 1. The highest BCUT2D eigenvalue weighted by molar-refractivity contribution is 7.12. The minimum Gasteiger partial charge on any atom is -0.478 e. The van der Waals surface area contributed by atoms with Crippen molar-refractivity contribution in [2.75, 3.05) is 0 Å². The highest BCUT2D eigenvalue weighted by Crippen LogP contribution is 2.37. The zero-order valence-corrected chi connectivity index (χ0v) is 18.1. The lowest BCUT2D eigenvalue weighted by Crippen LogP contribution is -2.32. The number of hydrogen-bond acceptors (Lipinski definition) is 5. The summed E-state index contributed by atoms with van der Waals surface area (Å²) in [6.07, 6.45) is -0.439. The van der Waals surface area contributed by atoms with E-state index in [1.165, 1.54) is 11.3 Å². The molecule has 0 saturated heterocycles. The topological polar surface area (TPSA) is 71.3 Å². The summed E-state index contributed by atoms with van der Waals surface area (Å²) in [7, 11) is 0. The van der Waals surface area contributed by atoms with Crippen molar-refractivity contribution in [3.63, 3.8) is 0 Å². The molecule has 2 aromatic carbocycles. The van der Waals surface area contributed by atoms with Gasteiger partial charge >= 0.3 is 6.09 Å². The standard InChI is InChI=1S/C24H24N2O3S/c1-24(2,3)29-23(27)26-14-17-9-11-18(12-10-17)15-28-22-20(13-25)21(16-30-22)19-7-5-4-6-8-19/h4-12,16H,14-15H2,1-3H3,(H,26,27). The second-order valence-corrected chi connectivity index (χ2v) is 8.59. The van der Waals surface area contributed by atoms with Crippen molar-refractivity contribution >= 4 is 17.4 Å². The monoisotopic (exact) mass is 420 g/mol. The van der Waals surface area contributed by atoms with Crippen molar-refractivity contribution in [3.05, 3.63) is 76.7 Å². The average Bonchev–Trinajstić information content (AvgIpc) is 3.14. The van der Waals surface area contributed by atoms with Crippen LogP contribution in [0.1, 0.15) is 37.5 Å². The van der Waals surface area contributed by atoms with Gasteiger partial charge in [0.25, 0.3) is 0 Å². The Labute approximate surface area is 180 Å². The van der Waals surface area contributed by atoms with E-state index >= 15 is 0 Å². The van der Waals surface area contributed by atoms with Gasteiger partial charge in [-0.15, -0.1) is 11.3 Å². The van der Waals surface area contributed by atoms with E-state index in [0.29, 0.717) is 23.8 Å². The van der Waals surface area contributed by atoms with Crippen LogP contribution in [0.2, 0.25) is 0 Å². The number of benzene rings is 2. The summed E-state index contributed by atoms with van der Waals surface area (Å²) in [5.74, 6) is 0. The van der Waals surface area contributed by atoms with Crippen LogP contribution in [0.25, 0.3) is 11.1 Å². The molecule has 1 aromatic heterocycles. The molecule has 1 heterocycles. The van der Waals surface area contributed by atoms with Crippen molar-refractivity contribution in [1.82, 2.24) is 5.32 Å². The van der Waals surface area contributed by atoms with Gasteiger partial charge in [0, 0.05) is 17.5 Å². The molecule has 30 heavy (non-hydrogen) atoms. The molecule has 0 unspecified atom stereocenters. The van der Waals surface area contributed by atoms with E-state index in [2.05, 4.69) is 11.4 Å². The summed E-state index contributed by atoms with van der Waals surface area (Å²) in [5.41, 5.74) is 3.88. The van der Waals surface area contributed by atoms with Gasteiger partial charge in [-0.25, -0.2) is 4.79 Å². The number of thiophene rings is 1. The highest BCUT2D eigenvalue weighted by Gasteiger charge is 2.16. The largest absolute Gasteiger partial charge is 0.478 e. The fourth-order valence-corrected chi connectivity index (χ4v) is 3.65. The molecule has 0 fully saturated rings. The Hall–Kier alpha value is -3.30. The molecule has 1 N–H and O–H groups in total. The lowest BCUT2D eigenvalue weighted by Gasteiger charge is -2.19. The number of rotatable bonds is 6. The lowest BCUT2D eigenvalue weighted by atomic mass is 10.1. The van der Waals surface area contributed by atoms with Crippen molar-refractivity contribution in [1.29, 1.82) is 5.26 Å². The molecular formula is C24H24N2O3S. The third-order valence-corrected chi connectivity index (χ3v) is 5.07. The molecule has 0 radical (unpaired) electrons. The van der Waals surface area contributed by atoms with E-state index in [0.717, 1.165) is 22.3 Å². The molecule has 3 rings (SSSR count). The molecule has 154 valence electrons. The number of nitrogens with one attached hydrogen (secondary N) is 1. The van der Waals surface area contributed by atoms with Gasteiger partial charge in [0.2, 0.25) is 0 Å². The van der Waals surface area contributed by atoms with Crippen LogP contribution in [0, 0.1) is 11.3 Å². The zero-order chi connectivity index (χ0) is 21.6. The zero-order valence-electron chi connectivity index (χ0n) is 17.3. The Balaban J connectivity index is 1.58. The molecule has 0 spiro atoms. The predicted molar refractivity (Wildman–Crippen MR) is 118 cm³/mol. The quantitative estimate of drug-likeness (QED) is 0.540. The molecule has 1 amide bonds. The Morgan fingerprint density at radius 3 is 2.37 bits per heavy atom. The van der Waals surface area contributed by atoms with Gasteiger partial charge in [-0.05, 0) is 37.5 Å². The Morgan fingerprint density at radius 1 is 1.07 bits per heavy atom. The first-order valence-corrected chi connectivity index (χ1v) is 10.5. The maximum Gasteiger partial charge on any atom is 0.407 e. The third kappa shape index (κ3) is 5.85. The first-order valence-electron chi connectivity index (χ1n) is 9.60. The Kier molecular flexibility index (Phi) is 6.76. The van der Waals surface area contributed by atoms with Crippen LogP contribution in [0.5, 0.6) is 5.06 Å². The van der Waals surface area contributed by atoms with Crippen LogP contribution in [0.15, 0.2) is 60.0 Å². The molecule has 6 heteroatoms. The fourth-order valence-electron chi connectivity index (χ4n) is 2.77. The van der Waals surface area contributed by atoms with Crippen molar-refractivity contribution in [3.8, 4) is 22.3 Å². The molecule has 0 atom stereocenters. The SMILES string of the molecule is CC(C)(C)OC(=O)NCc1ccc(COc2scc(-c3ccccc3)c2C#N)cc1. The van der Waals surface area contributed by atoms with Crippen molar-refractivity contribution < 1.29 is 14.3 Å². The Bertz CT molecular complexity index is 1030. The molecule has 0 aliphatic heterocycles. The summed E-state index contributed by atoms with van der Waals surface area (Å²) >= 11 is 1.43. The average molecular weight is 421 g/mol. The third-order valence-electron chi connectivity index (χ3n) is 4.18. The highest BCUT2D eigenvalue weighted by atomic mass is 32.1. The maximum absolute atomic E-state index is 11.7. The molecule has 0 aliphatic carbocycles. The smallest absolute Gasteiger partial charge is 0.407 e. The molecule has 5 nitrogen and oxygen atoms in total. The van der Waals surface area contributed by atoms with Crippen molar-refractivity contribution in [2.45, 2.75) is 39.5 Å². The van der Waals surface area contributed by atoms with Crippen LogP contribution in [0.3, 0.4) is 0 Å². The predicted octanol–water partition coefficient (Wildman–Crippen LogP) is 5.89. The minimum atomic E-state index is -0.518. The van der Waals surface area contributed by atoms with Crippen LogP contribution in [-0.4, -0.2) is 11.7 Å². The van der Waals surface area contributed by atoms with Gasteiger partial charge in [-0.1, -0.05) is 54.6 Å². The van der Waals surface area contributed by atoms with E-state index in [9.17, 15) is 10.1 Å². The summed E-state index contributed by atoms with van der Waals surface area (Å²) in [6, 6.07) is 19.9. The van der Waals surface area contributed by atoms with E-state index in [1.54, 1.807) is 0 Å². The lowest BCUT2D eigenvalue weighted by molar-refractivity contribution is 0.0523. The van der Waals surface area contributed by atoms with Gasteiger partial charge < -0.3 is 14.8 Å². The number of nitrogens with zero attached hydrogens (tertiary/aromatic N) is 1. The van der Waals surface area contributed by atoms with E-state index in [-0.39, 0.29) is 0 Å². The van der Waals surface area contributed by atoms with Gasteiger partial charge in [-0.3, -0.25) is 0 Å². The molecular weight excluding hydrogens is 396 g/mol.